The number of hydrogen-bond acceptors (Lipinski definition) is 3. The lowest BCUT2D eigenvalue weighted by atomic mass is 10.1. The molecule has 0 spiro atoms. The van der Waals surface area contributed by atoms with Crippen molar-refractivity contribution in [3.05, 3.63) is 84.8 Å². The maximum atomic E-state index is 13.3. The number of benzene rings is 2. The summed E-state index contributed by atoms with van der Waals surface area (Å²) in [7, 11) is 0. The van der Waals surface area contributed by atoms with Crippen molar-refractivity contribution < 1.29 is 9.13 Å². The Morgan fingerprint density at radius 3 is 2.43 bits per heavy atom. The number of hydrogen-bond donors (Lipinski definition) is 0. The summed E-state index contributed by atoms with van der Waals surface area (Å²) in [4.78, 5) is 4.11. The molecule has 142 valence electrons. The zero-order valence-corrected chi connectivity index (χ0v) is 15.8. The van der Waals surface area contributed by atoms with Crippen LogP contribution in [0.15, 0.2) is 73.4 Å². The summed E-state index contributed by atoms with van der Waals surface area (Å²) in [5, 5.41) is 4.77. The Hall–Kier alpha value is -3.41. The van der Waals surface area contributed by atoms with Gasteiger partial charge in [0.25, 0.3) is 0 Å². The molecule has 0 unspecified atom stereocenters. The van der Waals surface area contributed by atoms with Crippen LogP contribution in [0.25, 0.3) is 16.9 Å². The van der Waals surface area contributed by atoms with Crippen LogP contribution in [0.2, 0.25) is 0 Å². The van der Waals surface area contributed by atoms with E-state index in [0.29, 0.717) is 6.54 Å². The zero-order chi connectivity index (χ0) is 19.5. The summed E-state index contributed by atoms with van der Waals surface area (Å²) in [5.41, 5.74) is 3.71. The van der Waals surface area contributed by atoms with E-state index in [-0.39, 0.29) is 11.9 Å². The first-order valence-electron chi connectivity index (χ1n) is 9.16. The summed E-state index contributed by atoms with van der Waals surface area (Å²) in [5.74, 6) is 0.559. The molecule has 4 rings (SSSR count). The molecule has 0 aliphatic rings. The van der Waals surface area contributed by atoms with Gasteiger partial charge < -0.3 is 9.30 Å². The highest BCUT2D eigenvalue weighted by Crippen LogP contribution is 2.27. The summed E-state index contributed by atoms with van der Waals surface area (Å²) in [6.45, 7) is 4.64. The van der Waals surface area contributed by atoms with Gasteiger partial charge in [0.15, 0.2) is 0 Å². The molecule has 0 fully saturated rings. The van der Waals surface area contributed by atoms with Crippen LogP contribution >= 0.6 is 0 Å². The van der Waals surface area contributed by atoms with E-state index >= 15 is 0 Å². The first kappa shape index (κ1) is 18.0. The van der Waals surface area contributed by atoms with Crippen molar-refractivity contribution in [2.24, 2.45) is 0 Å². The van der Waals surface area contributed by atoms with Crippen LogP contribution in [-0.2, 0) is 6.54 Å². The lowest BCUT2D eigenvalue weighted by Gasteiger charge is -2.10. The molecule has 6 heteroatoms. The number of imidazole rings is 1. The van der Waals surface area contributed by atoms with Crippen LogP contribution < -0.4 is 4.74 Å². The highest BCUT2D eigenvalue weighted by Gasteiger charge is 2.13. The molecule has 0 aliphatic carbocycles. The molecule has 5 nitrogen and oxygen atoms in total. The second kappa shape index (κ2) is 7.68. The quantitative estimate of drug-likeness (QED) is 0.489. The minimum atomic E-state index is -0.268. The molecule has 4 aromatic rings. The maximum absolute atomic E-state index is 13.3. The SMILES string of the molecule is CC(C)Oc1ccc(-c2nn(-c3ccc(F)cc3)cc2Cn2ccnc2)cc1. The Bertz CT molecular complexity index is 1040. The first-order chi connectivity index (χ1) is 13.6. The molecular weight excluding hydrogens is 355 g/mol. The zero-order valence-electron chi connectivity index (χ0n) is 15.8. The lowest BCUT2D eigenvalue weighted by Crippen LogP contribution is -2.05. The normalized spacial score (nSPS) is 11.1. The number of aromatic nitrogens is 4. The van der Waals surface area contributed by atoms with Gasteiger partial charge in [-0.1, -0.05) is 0 Å². The molecule has 0 atom stereocenters. The van der Waals surface area contributed by atoms with Gasteiger partial charge in [-0.25, -0.2) is 14.1 Å². The van der Waals surface area contributed by atoms with Gasteiger partial charge in [0.1, 0.15) is 11.6 Å². The number of ether oxygens (including phenoxy) is 1. The van der Waals surface area contributed by atoms with Crippen molar-refractivity contribution in [1.82, 2.24) is 19.3 Å². The van der Waals surface area contributed by atoms with Gasteiger partial charge in [0.2, 0.25) is 0 Å². The summed E-state index contributed by atoms with van der Waals surface area (Å²) in [6, 6.07) is 14.2. The second-order valence-electron chi connectivity index (χ2n) is 6.85. The van der Waals surface area contributed by atoms with Gasteiger partial charge in [0, 0.05) is 29.7 Å². The Labute approximate surface area is 163 Å². The highest BCUT2D eigenvalue weighted by molar-refractivity contribution is 5.64. The van der Waals surface area contributed by atoms with Crippen LogP contribution in [0, 0.1) is 5.82 Å². The van der Waals surface area contributed by atoms with E-state index in [1.165, 1.54) is 12.1 Å². The Morgan fingerprint density at radius 2 is 1.79 bits per heavy atom. The second-order valence-corrected chi connectivity index (χ2v) is 6.85. The minimum absolute atomic E-state index is 0.125. The number of rotatable bonds is 6. The van der Waals surface area contributed by atoms with Crippen LogP contribution in [0.4, 0.5) is 4.39 Å². The Balaban J connectivity index is 1.72. The molecule has 0 amide bonds. The number of nitrogens with zero attached hydrogens (tertiary/aromatic N) is 4. The Morgan fingerprint density at radius 1 is 1.04 bits per heavy atom. The third-order valence-electron chi connectivity index (χ3n) is 4.29. The molecule has 2 heterocycles. The summed E-state index contributed by atoms with van der Waals surface area (Å²) in [6.07, 6.45) is 7.54. The van der Waals surface area contributed by atoms with Crippen molar-refractivity contribution in [2.45, 2.75) is 26.5 Å². The van der Waals surface area contributed by atoms with Crippen LogP contribution in [0.5, 0.6) is 5.75 Å². The Kier molecular flexibility index (Phi) is 4.93. The monoisotopic (exact) mass is 376 g/mol. The molecular formula is C22H21FN4O. The predicted octanol–water partition coefficient (Wildman–Crippen LogP) is 4.71. The van der Waals surface area contributed by atoms with E-state index in [2.05, 4.69) is 4.98 Å². The molecule has 2 aromatic carbocycles. The van der Waals surface area contributed by atoms with Gasteiger partial charge in [0.05, 0.1) is 30.4 Å². The molecule has 2 aromatic heterocycles. The molecule has 0 saturated carbocycles. The van der Waals surface area contributed by atoms with Gasteiger partial charge in [-0.05, 0) is 62.4 Å². The van der Waals surface area contributed by atoms with Crippen molar-refractivity contribution in [3.8, 4) is 22.7 Å². The van der Waals surface area contributed by atoms with E-state index in [0.717, 1.165) is 28.3 Å². The lowest BCUT2D eigenvalue weighted by molar-refractivity contribution is 0.242. The largest absolute Gasteiger partial charge is 0.491 e. The smallest absolute Gasteiger partial charge is 0.123 e. The predicted molar refractivity (Wildman–Crippen MR) is 106 cm³/mol. The van der Waals surface area contributed by atoms with E-state index in [9.17, 15) is 4.39 Å². The average Bonchev–Trinajstić information content (AvgIpc) is 3.33. The first-order valence-corrected chi connectivity index (χ1v) is 9.16. The fourth-order valence-corrected chi connectivity index (χ4v) is 3.04. The van der Waals surface area contributed by atoms with Gasteiger partial charge in [-0.3, -0.25) is 0 Å². The molecule has 0 bridgehead atoms. The summed E-state index contributed by atoms with van der Waals surface area (Å²) < 4.78 is 22.8. The van der Waals surface area contributed by atoms with Crippen molar-refractivity contribution >= 4 is 0 Å². The molecule has 28 heavy (non-hydrogen) atoms. The topological polar surface area (TPSA) is 44.9 Å². The summed E-state index contributed by atoms with van der Waals surface area (Å²) >= 11 is 0. The molecule has 0 radical (unpaired) electrons. The minimum Gasteiger partial charge on any atom is -0.491 e. The third kappa shape index (κ3) is 3.96. The molecule has 0 N–H and O–H groups in total. The van der Waals surface area contributed by atoms with Crippen molar-refractivity contribution in [3.63, 3.8) is 0 Å². The van der Waals surface area contributed by atoms with Gasteiger partial charge in [-0.15, -0.1) is 0 Å². The van der Waals surface area contributed by atoms with Gasteiger partial charge >= 0.3 is 0 Å². The van der Waals surface area contributed by atoms with Crippen LogP contribution in [0.1, 0.15) is 19.4 Å². The maximum Gasteiger partial charge on any atom is 0.123 e. The van der Waals surface area contributed by atoms with E-state index in [4.69, 9.17) is 9.84 Å². The highest BCUT2D eigenvalue weighted by atomic mass is 19.1. The van der Waals surface area contributed by atoms with Crippen LogP contribution in [-0.4, -0.2) is 25.4 Å². The van der Waals surface area contributed by atoms with Gasteiger partial charge in [-0.2, -0.15) is 5.10 Å². The van der Waals surface area contributed by atoms with E-state index in [1.807, 2.05) is 55.1 Å². The third-order valence-corrected chi connectivity index (χ3v) is 4.29. The van der Waals surface area contributed by atoms with Crippen molar-refractivity contribution in [1.29, 1.82) is 0 Å². The molecule has 0 aliphatic heterocycles. The average molecular weight is 376 g/mol. The van der Waals surface area contributed by atoms with E-state index < -0.39 is 0 Å². The van der Waals surface area contributed by atoms with E-state index in [1.54, 1.807) is 29.3 Å². The number of halogens is 1. The van der Waals surface area contributed by atoms with Crippen molar-refractivity contribution in [2.75, 3.05) is 0 Å². The molecule has 0 saturated heterocycles. The standard InChI is InChI=1S/C22H21FN4O/c1-16(2)28-21-9-3-17(4-10-21)22-18(13-26-12-11-24-15-26)14-27(25-22)20-7-5-19(23)6-8-20/h3-12,14-16H,13H2,1-2H3. The van der Waals surface area contributed by atoms with Crippen LogP contribution in [0.3, 0.4) is 0 Å². The fourth-order valence-electron chi connectivity index (χ4n) is 3.04. The fraction of sp³-hybridized carbons (Fsp3) is 0.182.